The Morgan fingerprint density at radius 2 is 1.96 bits per heavy atom. The van der Waals surface area contributed by atoms with Crippen molar-refractivity contribution in [1.29, 1.82) is 0 Å². The first-order valence-electron chi connectivity index (χ1n) is 7.00. The summed E-state index contributed by atoms with van der Waals surface area (Å²) in [4.78, 5) is 16.1. The van der Waals surface area contributed by atoms with Crippen LogP contribution in [0.25, 0.3) is 11.5 Å². The Kier molecular flexibility index (Phi) is 4.59. The van der Waals surface area contributed by atoms with Gasteiger partial charge in [-0.3, -0.25) is 4.98 Å². The Balaban J connectivity index is 1.53. The molecule has 0 aliphatic carbocycles. The maximum atomic E-state index is 11.8. The third kappa shape index (κ3) is 4.11. The fourth-order valence-corrected chi connectivity index (χ4v) is 2.12. The van der Waals surface area contributed by atoms with E-state index in [-0.39, 0.29) is 6.03 Å². The first-order chi connectivity index (χ1) is 11.2. The molecule has 0 atom stereocenters. The summed E-state index contributed by atoms with van der Waals surface area (Å²) in [5, 5.41) is 6.12. The summed E-state index contributed by atoms with van der Waals surface area (Å²) in [7, 11) is 0. The molecule has 0 radical (unpaired) electrons. The number of pyridine rings is 1. The van der Waals surface area contributed by atoms with E-state index in [1.165, 1.54) is 0 Å². The SMILES string of the molecule is O=C(NCc1ccc(-c2ccco2)nc1)Nc1ccc(Cl)cc1. The standard InChI is InChI=1S/C17H14ClN3O2/c18-13-4-6-14(7-5-13)21-17(22)20-11-12-3-8-15(19-10-12)16-2-1-9-23-16/h1-10H,11H2,(H2,20,21,22). The molecule has 1 aromatic carbocycles. The van der Waals surface area contributed by atoms with E-state index >= 15 is 0 Å². The van der Waals surface area contributed by atoms with E-state index in [4.69, 9.17) is 16.0 Å². The lowest BCUT2D eigenvalue weighted by Gasteiger charge is -2.08. The number of carbonyl (C=O) groups is 1. The topological polar surface area (TPSA) is 67.2 Å². The molecule has 5 nitrogen and oxygen atoms in total. The van der Waals surface area contributed by atoms with Crippen molar-refractivity contribution in [3.8, 4) is 11.5 Å². The number of benzene rings is 1. The Hall–Kier alpha value is -2.79. The van der Waals surface area contributed by atoms with Crippen molar-refractivity contribution in [1.82, 2.24) is 10.3 Å². The normalized spacial score (nSPS) is 10.3. The highest BCUT2D eigenvalue weighted by atomic mass is 35.5. The van der Waals surface area contributed by atoms with Gasteiger partial charge in [0.1, 0.15) is 5.69 Å². The van der Waals surface area contributed by atoms with E-state index in [0.717, 1.165) is 11.3 Å². The molecule has 6 heteroatoms. The van der Waals surface area contributed by atoms with Crippen molar-refractivity contribution in [2.75, 3.05) is 5.32 Å². The number of carbonyl (C=O) groups excluding carboxylic acids is 1. The summed E-state index contributed by atoms with van der Waals surface area (Å²) in [6, 6.07) is 14.0. The predicted octanol–water partition coefficient (Wildman–Crippen LogP) is 4.32. The van der Waals surface area contributed by atoms with Gasteiger partial charge in [-0.1, -0.05) is 17.7 Å². The van der Waals surface area contributed by atoms with Gasteiger partial charge in [0.25, 0.3) is 0 Å². The number of amides is 2. The van der Waals surface area contributed by atoms with Crippen molar-refractivity contribution in [3.05, 3.63) is 71.6 Å². The van der Waals surface area contributed by atoms with Crippen LogP contribution in [0.15, 0.2) is 65.4 Å². The van der Waals surface area contributed by atoms with Gasteiger partial charge in [0.05, 0.1) is 6.26 Å². The van der Waals surface area contributed by atoms with Gasteiger partial charge in [0.2, 0.25) is 0 Å². The molecule has 3 rings (SSSR count). The van der Waals surface area contributed by atoms with Gasteiger partial charge in [-0.15, -0.1) is 0 Å². The van der Waals surface area contributed by atoms with Crippen LogP contribution in [0.3, 0.4) is 0 Å². The molecule has 0 aliphatic rings. The molecular formula is C17H14ClN3O2. The van der Waals surface area contributed by atoms with Crippen LogP contribution in [-0.2, 0) is 6.54 Å². The molecule has 0 saturated heterocycles. The lowest BCUT2D eigenvalue weighted by atomic mass is 10.2. The zero-order chi connectivity index (χ0) is 16.1. The van der Waals surface area contributed by atoms with Crippen molar-refractivity contribution in [2.45, 2.75) is 6.54 Å². The third-order valence-corrected chi connectivity index (χ3v) is 3.41. The van der Waals surface area contributed by atoms with Crippen LogP contribution in [0.4, 0.5) is 10.5 Å². The highest BCUT2D eigenvalue weighted by Crippen LogP contribution is 2.17. The summed E-state index contributed by atoms with van der Waals surface area (Å²) in [6.07, 6.45) is 3.31. The average Bonchev–Trinajstić information content (AvgIpc) is 3.10. The fraction of sp³-hybridized carbons (Fsp3) is 0.0588. The highest BCUT2D eigenvalue weighted by molar-refractivity contribution is 6.30. The van der Waals surface area contributed by atoms with E-state index in [9.17, 15) is 4.79 Å². The van der Waals surface area contributed by atoms with Gasteiger partial charge >= 0.3 is 6.03 Å². The second kappa shape index (κ2) is 6.98. The van der Waals surface area contributed by atoms with Crippen molar-refractivity contribution < 1.29 is 9.21 Å². The summed E-state index contributed by atoms with van der Waals surface area (Å²) >= 11 is 5.80. The van der Waals surface area contributed by atoms with E-state index < -0.39 is 0 Å². The number of anilines is 1. The summed E-state index contributed by atoms with van der Waals surface area (Å²) in [5.41, 5.74) is 2.33. The zero-order valence-corrected chi connectivity index (χ0v) is 12.9. The van der Waals surface area contributed by atoms with Crippen LogP contribution < -0.4 is 10.6 Å². The van der Waals surface area contributed by atoms with Gasteiger partial charge < -0.3 is 15.1 Å². The number of hydrogen-bond acceptors (Lipinski definition) is 3. The molecule has 0 saturated carbocycles. The number of hydrogen-bond donors (Lipinski definition) is 2. The molecule has 0 aliphatic heterocycles. The van der Waals surface area contributed by atoms with Gasteiger partial charge in [-0.05, 0) is 48.0 Å². The van der Waals surface area contributed by atoms with Gasteiger partial charge in [-0.25, -0.2) is 4.79 Å². The molecule has 0 spiro atoms. The second-order valence-electron chi connectivity index (χ2n) is 4.84. The number of nitrogens with zero attached hydrogens (tertiary/aromatic N) is 1. The number of rotatable bonds is 4. The fourth-order valence-electron chi connectivity index (χ4n) is 1.99. The molecule has 23 heavy (non-hydrogen) atoms. The van der Waals surface area contributed by atoms with Gasteiger partial charge in [0.15, 0.2) is 5.76 Å². The highest BCUT2D eigenvalue weighted by Gasteiger charge is 2.04. The molecule has 0 bridgehead atoms. The molecule has 2 heterocycles. The smallest absolute Gasteiger partial charge is 0.319 e. The maximum Gasteiger partial charge on any atom is 0.319 e. The number of furan rings is 1. The largest absolute Gasteiger partial charge is 0.463 e. The van der Waals surface area contributed by atoms with Gasteiger partial charge in [0, 0.05) is 23.5 Å². The summed E-state index contributed by atoms with van der Waals surface area (Å²) in [6.45, 7) is 0.380. The van der Waals surface area contributed by atoms with E-state index in [0.29, 0.717) is 23.0 Å². The molecular weight excluding hydrogens is 314 g/mol. The maximum absolute atomic E-state index is 11.8. The number of nitrogens with one attached hydrogen (secondary N) is 2. The molecule has 3 aromatic rings. The van der Waals surface area contributed by atoms with Crippen LogP contribution in [-0.4, -0.2) is 11.0 Å². The minimum Gasteiger partial charge on any atom is -0.463 e. The van der Waals surface area contributed by atoms with E-state index in [2.05, 4.69) is 15.6 Å². The van der Waals surface area contributed by atoms with Crippen LogP contribution in [0, 0.1) is 0 Å². The summed E-state index contributed by atoms with van der Waals surface area (Å²) in [5.74, 6) is 0.713. The van der Waals surface area contributed by atoms with Crippen LogP contribution in [0.1, 0.15) is 5.56 Å². The van der Waals surface area contributed by atoms with E-state index in [1.807, 2.05) is 24.3 Å². The van der Waals surface area contributed by atoms with Crippen molar-refractivity contribution in [3.63, 3.8) is 0 Å². The van der Waals surface area contributed by atoms with Crippen LogP contribution in [0.2, 0.25) is 5.02 Å². The summed E-state index contributed by atoms with van der Waals surface area (Å²) < 4.78 is 5.28. The Labute approximate surface area is 138 Å². The molecule has 2 aromatic heterocycles. The van der Waals surface area contributed by atoms with Gasteiger partial charge in [-0.2, -0.15) is 0 Å². The lowest BCUT2D eigenvalue weighted by Crippen LogP contribution is -2.28. The first-order valence-corrected chi connectivity index (χ1v) is 7.38. The quantitative estimate of drug-likeness (QED) is 0.750. The Morgan fingerprint density at radius 1 is 1.13 bits per heavy atom. The number of halogens is 1. The Bertz CT molecular complexity index is 769. The molecule has 116 valence electrons. The third-order valence-electron chi connectivity index (χ3n) is 3.15. The second-order valence-corrected chi connectivity index (χ2v) is 5.28. The van der Waals surface area contributed by atoms with Crippen LogP contribution >= 0.6 is 11.6 Å². The minimum atomic E-state index is -0.289. The lowest BCUT2D eigenvalue weighted by molar-refractivity contribution is 0.251. The predicted molar refractivity (Wildman–Crippen MR) is 89.2 cm³/mol. The van der Waals surface area contributed by atoms with Crippen LogP contribution in [0.5, 0.6) is 0 Å². The Morgan fingerprint density at radius 3 is 2.61 bits per heavy atom. The number of urea groups is 1. The number of aromatic nitrogens is 1. The average molecular weight is 328 g/mol. The molecule has 0 fully saturated rings. The zero-order valence-electron chi connectivity index (χ0n) is 12.1. The molecule has 2 amide bonds. The minimum absolute atomic E-state index is 0.289. The first kappa shape index (κ1) is 15.1. The monoisotopic (exact) mass is 327 g/mol. The van der Waals surface area contributed by atoms with Crippen molar-refractivity contribution in [2.24, 2.45) is 0 Å². The van der Waals surface area contributed by atoms with Crippen molar-refractivity contribution >= 4 is 23.3 Å². The molecule has 0 unspecified atom stereocenters. The van der Waals surface area contributed by atoms with E-state index in [1.54, 1.807) is 36.7 Å². The molecule has 2 N–H and O–H groups in total.